The number of aromatic nitrogens is 2. The van der Waals surface area contributed by atoms with Crippen LogP contribution in [-0.2, 0) is 11.3 Å². The van der Waals surface area contributed by atoms with E-state index in [0.29, 0.717) is 18.1 Å². The second kappa shape index (κ2) is 10.2. The van der Waals surface area contributed by atoms with E-state index in [2.05, 4.69) is 4.98 Å². The summed E-state index contributed by atoms with van der Waals surface area (Å²) in [7, 11) is 0. The van der Waals surface area contributed by atoms with E-state index in [1.54, 1.807) is 23.2 Å². The lowest BCUT2D eigenvalue weighted by Crippen LogP contribution is -2.37. The predicted molar refractivity (Wildman–Crippen MR) is 143 cm³/mol. The zero-order valence-corrected chi connectivity index (χ0v) is 21.8. The van der Waals surface area contributed by atoms with Gasteiger partial charge in [-0.1, -0.05) is 36.4 Å². The average Bonchev–Trinajstić information content (AvgIpc) is 3.52. The van der Waals surface area contributed by atoms with Gasteiger partial charge in [0.15, 0.2) is 0 Å². The van der Waals surface area contributed by atoms with Crippen molar-refractivity contribution in [3.8, 4) is 5.75 Å². The van der Waals surface area contributed by atoms with E-state index in [4.69, 9.17) is 9.47 Å². The molecule has 0 N–H and O–H groups in total. The van der Waals surface area contributed by atoms with Crippen molar-refractivity contribution in [3.05, 3.63) is 102 Å². The number of ether oxygens (including phenoxy) is 2. The van der Waals surface area contributed by atoms with Gasteiger partial charge in [-0.25, -0.2) is 4.79 Å². The van der Waals surface area contributed by atoms with Crippen molar-refractivity contribution in [3.63, 3.8) is 0 Å². The molecule has 0 bridgehead atoms. The van der Waals surface area contributed by atoms with Crippen LogP contribution in [0.15, 0.2) is 91.0 Å². The first-order valence-corrected chi connectivity index (χ1v) is 13.1. The zero-order valence-electron chi connectivity index (χ0n) is 21.0. The molecule has 8 heteroatoms. The van der Waals surface area contributed by atoms with E-state index in [1.165, 1.54) is 16.7 Å². The van der Waals surface area contributed by atoms with Gasteiger partial charge >= 0.3 is 6.09 Å². The number of benzene rings is 2. The molecule has 4 aromatic rings. The first-order valence-electron chi connectivity index (χ1n) is 12.0. The molecule has 0 saturated carbocycles. The summed E-state index contributed by atoms with van der Waals surface area (Å²) in [5, 5.41) is 14.3. The summed E-state index contributed by atoms with van der Waals surface area (Å²) in [5.74, 6) is 0.825. The highest BCUT2D eigenvalue weighted by Crippen LogP contribution is 2.45. The lowest BCUT2D eigenvalue weighted by atomic mass is 10.2. The molecule has 3 heterocycles. The standard InChI is InChI=1S/C29H29N3O4S/c1-29(2,3)36-28(34)32-25(19-37-27(32)22-10-7-14-30-17-22)26(33)31-15-13-21-16-23(11-12-24(21)31)35-18-20-8-5-4-6-9-20/h4-17,27,33H,18-19H2,1-3H3/p-1. The van der Waals surface area contributed by atoms with Crippen LogP contribution in [0.4, 0.5) is 4.79 Å². The van der Waals surface area contributed by atoms with Gasteiger partial charge in [0.05, 0.1) is 5.52 Å². The number of rotatable bonds is 5. The predicted octanol–water partition coefficient (Wildman–Crippen LogP) is 5.78. The van der Waals surface area contributed by atoms with E-state index in [-0.39, 0.29) is 5.88 Å². The monoisotopic (exact) mass is 514 g/mol. The molecule has 7 nitrogen and oxygen atoms in total. The second-order valence-electron chi connectivity index (χ2n) is 9.73. The van der Waals surface area contributed by atoms with Crippen molar-refractivity contribution in [2.45, 2.75) is 38.4 Å². The highest BCUT2D eigenvalue weighted by molar-refractivity contribution is 8.00. The number of pyridine rings is 1. The summed E-state index contributed by atoms with van der Waals surface area (Å²) in [5.41, 5.74) is 2.32. The molecule has 2 aromatic heterocycles. The van der Waals surface area contributed by atoms with Gasteiger partial charge in [-0.3, -0.25) is 9.88 Å². The van der Waals surface area contributed by atoms with Crippen molar-refractivity contribution < 1.29 is 19.4 Å². The number of thioether (sulfide) groups is 1. The SMILES string of the molecule is CC(C)(C)OC(=O)N1C(=C([O-])n2ccc3cc(OCc4ccccc4)ccc32)CSC1c1cccnc1. The normalized spacial score (nSPS) is 17.2. The molecule has 1 unspecified atom stereocenters. The minimum atomic E-state index is -0.700. The number of carbonyl (C=O) groups is 1. The molecule has 190 valence electrons. The largest absolute Gasteiger partial charge is 0.859 e. The Balaban J connectivity index is 1.46. The quantitative estimate of drug-likeness (QED) is 0.314. The van der Waals surface area contributed by atoms with Crippen LogP contribution < -0.4 is 9.84 Å². The van der Waals surface area contributed by atoms with Crippen LogP contribution in [0.1, 0.15) is 37.3 Å². The van der Waals surface area contributed by atoms with Crippen molar-refractivity contribution in [2.24, 2.45) is 0 Å². The third kappa shape index (κ3) is 5.44. The van der Waals surface area contributed by atoms with E-state index < -0.39 is 17.1 Å². The third-order valence-corrected chi connectivity index (χ3v) is 7.08. The summed E-state index contributed by atoms with van der Waals surface area (Å²) in [4.78, 5) is 19.0. The van der Waals surface area contributed by atoms with Crippen molar-refractivity contribution >= 4 is 34.6 Å². The molecule has 1 fully saturated rings. The lowest BCUT2D eigenvalue weighted by Gasteiger charge is -2.31. The van der Waals surface area contributed by atoms with Gasteiger partial charge in [0.2, 0.25) is 0 Å². The van der Waals surface area contributed by atoms with Gasteiger partial charge in [0.1, 0.15) is 23.3 Å². The molecule has 1 aliphatic heterocycles. The fourth-order valence-electron chi connectivity index (χ4n) is 4.16. The average molecular weight is 515 g/mol. The molecule has 5 rings (SSSR count). The topological polar surface area (TPSA) is 79.6 Å². The van der Waals surface area contributed by atoms with Crippen LogP contribution in [0, 0.1) is 0 Å². The van der Waals surface area contributed by atoms with Crippen molar-refractivity contribution in [1.82, 2.24) is 14.5 Å². The second-order valence-corrected chi connectivity index (χ2v) is 10.8. The van der Waals surface area contributed by atoms with Gasteiger partial charge < -0.3 is 19.1 Å². The molecule has 1 amide bonds. The first kappa shape index (κ1) is 24.8. The first-order chi connectivity index (χ1) is 17.8. The van der Waals surface area contributed by atoms with Crippen molar-refractivity contribution in [2.75, 3.05) is 5.75 Å². The Morgan fingerprint density at radius 2 is 1.92 bits per heavy atom. The molecule has 1 aliphatic rings. The van der Waals surface area contributed by atoms with Gasteiger partial charge in [-0.15, -0.1) is 11.8 Å². The fraction of sp³-hybridized carbons (Fsp3) is 0.241. The van der Waals surface area contributed by atoms with Gasteiger partial charge in [-0.05, 0) is 62.5 Å². The Kier molecular flexibility index (Phi) is 6.84. The number of amides is 1. The summed E-state index contributed by atoms with van der Waals surface area (Å²) < 4.78 is 13.2. The van der Waals surface area contributed by atoms with Crippen LogP contribution >= 0.6 is 11.8 Å². The summed E-state index contributed by atoms with van der Waals surface area (Å²) in [6, 6.07) is 21.2. The Morgan fingerprint density at radius 1 is 1.11 bits per heavy atom. The van der Waals surface area contributed by atoms with Crippen LogP contribution in [0.25, 0.3) is 16.8 Å². The highest BCUT2D eigenvalue weighted by Gasteiger charge is 2.38. The Bertz CT molecular complexity index is 1430. The van der Waals surface area contributed by atoms with Crippen LogP contribution in [0.3, 0.4) is 0 Å². The highest BCUT2D eigenvalue weighted by atomic mass is 32.2. The van der Waals surface area contributed by atoms with E-state index >= 15 is 0 Å². The molecule has 1 saturated heterocycles. The number of hydrogen-bond acceptors (Lipinski definition) is 6. The molecule has 1 atom stereocenters. The maximum atomic E-state index is 13.8. The number of fused-ring (bicyclic) bond motifs is 1. The number of nitrogens with zero attached hydrogens (tertiary/aromatic N) is 3. The van der Waals surface area contributed by atoms with E-state index in [1.807, 2.05) is 87.5 Å². The molecule has 0 radical (unpaired) electrons. The van der Waals surface area contributed by atoms with Gasteiger partial charge in [0.25, 0.3) is 0 Å². The van der Waals surface area contributed by atoms with E-state index in [0.717, 1.165) is 27.8 Å². The Hall–Kier alpha value is -3.91. The van der Waals surface area contributed by atoms with Crippen LogP contribution in [-0.4, -0.2) is 31.9 Å². The number of hydrogen-bond donors (Lipinski definition) is 0. The molecule has 2 aromatic carbocycles. The minimum Gasteiger partial charge on any atom is -0.859 e. The maximum Gasteiger partial charge on any atom is 0.415 e. The molecule has 0 aliphatic carbocycles. The van der Waals surface area contributed by atoms with E-state index in [9.17, 15) is 9.90 Å². The molecular formula is C29H28N3O4S-. The maximum absolute atomic E-state index is 13.8. The molecule has 37 heavy (non-hydrogen) atoms. The molecule has 0 spiro atoms. The summed E-state index contributed by atoms with van der Waals surface area (Å²) in [6.45, 7) is 5.89. The van der Waals surface area contributed by atoms with Gasteiger partial charge in [0, 0.05) is 41.0 Å². The zero-order chi connectivity index (χ0) is 26.0. The van der Waals surface area contributed by atoms with Gasteiger partial charge in [-0.2, -0.15) is 0 Å². The van der Waals surface area contributed by atoms with Crippen LogP contribution in [0.5, 0.6) is 5.75 Å². The fourth-order valence-corrected chi connectivity index (χ4v) is 5.43. The lowest BCUT2D eigenvalue weighted by molar-refractivity contribution is -0.256. The van der Waals surface area contributed by atoms with Crippen molar-refractivity contribution in [1.29, 1.82) is 0 Å². The van der Waals surface area contributed by atoms with Crippen LogP contribution in [0.2, 0.25) is 0 Å². The minimum absolute atomic E-state index is 0.266. The molecular weight excluding hydrogens is 486 g/mol. The summed E-state index contributed by atoms with van der Waals surface area (Å²) in [6.07, 6.45) is 4.57. The summed E-state index contributed by atoms with van der Waals surface area (Å²) >= 11 is 1.50. The number of carbonyl (C=O) groups excluding carboxylic acids is 1. The Morgan fingerprint density at radius 3 is 2.65 bits per heavy atom. The smallest absolute Gasteiger partial charge is 0.415 e. The third-order valence-electron chi connectivity index (χ3n) is 5.84. The Labute approximate surface area is 220 Å².